The molecule has 0 amide bonds. The van der Waals surface area contributed by atoms with Gasteiger partial charge in [-0.25, -0.2) is 0 Å². The van der Waals surface area contributed by atoms with Crippen LogP contribution in [-0.4, -0.2) is 121 Å². The van der Waals surface area contributed by atoms with Crippen LogP contribution in [0.2, 0.25) is 0 Å². The Morgan fingerprint density at radius 2 is 1.00 bits per heavy atom. The van der Waals surface area contributed by atoms with E-state index in [9.17, 15) is 0 Å². The second-order valence-electron chi connectivity index (χ2n) is 0.447. The summed E-state index contributed by atoms with van der Waals surface area (Å²) in [6.07, 6.45) is 0. The molecule has 0 aromatic heterocycles. The number of hydrogen-bond donors (Lipinski definition) is 0. The van der Waals surface area contributed by atoms with E-state index in [0.717, 1.165) is 0 Å². The predicted octanol–water partition coefficient (Wildman–Crippen LogP) is -3.97. The Kier molecular flexibility index (Phi) is 49.4. The van der Waals surface area contributed by atoms with Crippen molar-refractivity contribution >= 4 is 129 Å². The molecule has 9 heavy (non-hydrogen) atoms. The molecule has 0 aliphatic heterocycles. The first-order valence-corrected chi connectivity index (χ1v) is 2.19. The van der Waals surface area contributed by atoms with Gasteiger partial charge in [0.15, 0.2) is 0 Å². The summed E-state index contributed by atoms with van der Waals surface area (Å²) < 4.78 is 8.55. The van der Waals surface area contributed by atoms with E-state index in [1.807, 2.05) is 0 Å². The minimum Gasteiger partial charge on any atom is -0.822 e. The van der Waals surface area contributed by atoms with Crippen LogP contribution in [-0.2, 0) is 24.0 Å². The topological polar surface area (TPSA) is 86.2 Å². The third-order valence-electron chi connectivity index (χ3n) is 0. The molecule has 0 heterocycles. The van der Waals surface area contributed by atoms with Gasteiger partial charge >= 0.3 is 140 Å². The van der Waals surface area contributed by atoms with Crippen molar-refractivity contribution in [2.75, 3.05) is 0 Å². The maximum atomic E-state index is 8.55. The molecule has 0 N–H and O–H groups in total. The molecule has 0 spiro atoms. The smallest absolute Gasteiger partial charge is 0.822 e. The molecule has 0 unspecified atom stereocenters. The fourth-order valence-corrected chi connectivity index (χ4v) is 0. The van der Waals surface area contributed by atoms with Gasteiger partial charge < -0.3 is 19.2 Å². The summed E-state index contributed by atoms with van der Waals surface area (Å²) in [7, 11) is -5.39. The van der Waals surface area contributed by atoms with Gasteiger partial charge in [-0.1, -0.05) is 0 Å². The van der Waals surface area contributed by atoms with Gasteiger partial charge in [0.25, 0.3) is 0 Å². The number of rotatable bonds is 0. The van der Waals surface area contributed by atoms with Crippen LogP contribution in [0.4, 0.5) is 0 Å². The van der Waals surface area contributed by atoms with Crippen LogP contribution in [0, 0.1) is 0 Å². The molecule has 0 rings (SSSR count). The maximum absolute atomic E-state index is 8.55. The van der Waals surface area contributed by atoms with Crippen molar-refractivity contribution in [3.63, 3.8) is 0 Å². The second kappa shape index (κ2) is 15.2. The quantitative estimate of drug-likeness (QED) is 0.335. The molecule has 0 saturated carbocycles. The van der Waals surface area contributed by atoms with Crippen LogP contribution >= 0.6 is 7.82 Å². The van der Waals surface area contributed by atoms with Crippen LogP contribution < -0.4 is 14.7 Å². The Morgan fingerprint density at radius 1 is 1.00 bits per heavy atom. The Balaban J connectivity index is -0.0000000133. The molecule has 0 fully saturated rings. The van der Waals surface area contributed by atoms with E-state index in [1.165, 1.54) is 0 Å². The molecular weight excluding hydrogens is 328 g/mol. The summed E-state index contributed by atoms with van der Waals surface area (Å²) in [5, 5.41) is 0. The van der Waals surface area contributed by atoms with Gasteiger partial charge in [0.05, 0.1) is 0 Å². The zero-order valence-electron chi connectivity index (χ0n) is 4.91. The summed E-state index contributed by atoms with van der Waals surface area (Å²) >= 11 is 0. The Labute approximate surface area is 163 Å². The van der Waals surface area contributed by atoms with Gasteiger partial charge in [0, 0.05) is 0 Å². The van der Waals surface area contributed by atoms with Gasteiger partial charge in [-0.3, -0.25) is 0 Å². The normalized spacial score (nSPS) is 6.56. The monoisotopic (exact) mass is 327 g/mol. The molecule has 0 aliphatic carbocycles. The van der Waals surface area contributed by atoms with Crippen molar-refractivity contribution < 1.29 is 38.7 Å². The van der Waals surface area contributed by atoms with E-state index in [-0.39, 0.29) is 140 Å². The van der Waals surface area contributed by atoms with Crippen LogP contribution in [0.1, 0.15) is 0 Å². The van der Waals surface area contributed by atoms with Crippen molar-refractivity contribution in [3.8, 4) is 0 Å². The van der Waals surface area contributed by atoms with Crippen LogP contribution in [0.25, 0.3) is 0 Å². The summed E-state index contributed by atoms with van der Waals surface area (Å²) in [5.41, 5.74) is 0. The maximum Gasteiger partial charge on any atom is 2.00 e. The van der Waals surface area contributed by atoms with E-state index in [2.05, 4.69) is 0 Å². The second-order valence-corrected chi connectivity index (χ2v) is 1.34. The molecule has 0 aromatic rings. The zero-order chi connectivity index (χ0) is 4.50. The minimum absolute atomic E-state index is 0. The number of hydrogen-bond acceptors (Lipinski definition) is 4. The summed E-state index contributed by atoms with van der Waals surface area (Å²) in [6.45, 7) is 0. The van der Waals surface area contributed by atoms with Gasteiger partial charge in [-0.15, -0.1) is 0 Å². The summed E-state index contributed by atoms with van der Waals surface area (Å²) in [5.74, 6) is 0. The van der Waals surface area contributed by atoms with Crippen LogP contribution in [0.5, 0.6) is 0 Å². The van der Waals surface area contributed by atoms with E-state index in [1.54, 1.807) is 0 Å². The predicted molar refractivity (Wildman–Crippen MR) is 24.9 cm³/mol. The van der Waals surface area contributed by atoms with Crippen molar-refractivity contribution in [1.82, 2.24) is 0 Å². The van der Waals surface area contributed by atoms with Crippen molar-refractivity contribution in [2.45, 2.75) is 0 Å². The molecule has 0 atom stereocenters. The van der Waals surface area contributed by atoms with Gasteiger partial charge in [0.2, 0.25) is 0 Å². The summed E-state index contributed by atoms with van der Waals surface area (Å²) in [6, 6.07) is 0. The molecule has 0 aromatic carbocycles. The molecule has 4 nitrogen and oxygen atoms in total. The first-order valence-electron chi connectivity index (χ1n) is 0.730. The standard InChI is InChI=1S/2Ca.H3O4P.Sr.Zn/c;;1-5(2,3)4;;/h;;(H3,1,2,3,4);;/q2*+2;;2*+2/p-3. The number of phosphoric acid groups is 1. The van der Waals surface area contributed by atoms with Crippen molar-refractivity contribution in [3.05, 3.63) is 0 Å². The van der Waals surface area contributed by atoms with Crippen molar-refractivity contribution in [2.24, 2.45) is 0 Å². The molecule has 32 valence electrons. The van der Waals surface area contributed by atoms with E-state index in [4.69, 9.17) is 19.2 Å². The third-order valence-corrected chi connectivity index (χ3v) is 0. The SMILES string of the molecule is O=P([O-])([O-])[O-].[Ca+2].[Ca+2].[Sr+2].[Zn+2]. The third kappa shape index (κ3) is 65.5. The molecular formula is Ca2O4PSrZn+5. The van der Waals surface area contributed by atoms with Crippen LogP contribution in [0.15, 0.2) is 0 Å². The fourth-order valence-electron chi connectivity index (χ4n) is 0. The Morgan fingerprint density at radius 3 is 1.00 bits per heavy atom. The van der Waals surface area contributed by atoms with E-state index < -0.39 is 7.82 Å². The van der Waals surface area contributed by atoms with Gasteiger partial charge in [-0.05, 0) is 0 Å². The largest absolute Gasteiger partial charge is 2.00 e. The first-order chi connectivity index (χ1) is 2.00. The van der Waals surface area contributed by atoms with Gasteiger partial charge in [-0.2, -0.15) is 7.82 Å². The zero-order valence-corrected chi connectivity index (χ0v) is 16.7. The Bertz CT molecular complexity index is 64.7. The molecule has 0 bridgehead atoms. The van der Waals surface area contributed by atoms with E-state index in [0.29, 0.717) is 0 Å². The average molecular weight is 328 g/mol. The Hall–Kier alpha value is 4.73. The molecule has 0 radical (unpaired) electrons. The van der Waals surface area contributed by atoms with E-state index >= 15 is 0 Å². The minimum atomic E-state index is -5.39. The van der Waals surface area contributed by atoms with Crippen LogP contribution in [0.3, 0.4) is 0 Å². The van der Waals surface area contributed by atoms with Crippen molar-refractivity contribution in [1.29, 1.82) is 0 Å². The van der Waals surface area contributed by atoms with Gasteiger partial charge in [0.1, 0.15) is 0 Å². The molecule has 0 saturated heterocycles. The molecule has 9 heteroatoms. The fraction of sp³-hybridized carbons (Fsp3) is 0. The molecule has 0 aliphatic rings. The first kappa shape index (κ1) is 29.2. The average Bonchev–Trinajstić information content (AvgIpc) is 0.722. The summed E-state index contributed by atoms with van der Waals surface area (Å²) in [4.78, 5) is 25.6.